The molecule has 2 nitrogen and oxygen atoms in total. The molecule has 0 aliphatic carbocycles. The van der Waals surface area contributed by atoms with Gasteiger partial charge in [0.2, 0.25) is 0 Å². The highest BCUT2D eigenvalue weighted by atomic mass is 16.5. The van der Waals surface area contributed by atoms with Crippen LogP contribution in [0.25, 0.3) is 0 Å². The summed E-state index contributed by atoms with van der Waals surface area (Å²) in [6.07, 6.45) is 3.68. The Morgan fingerprint density at radius 1 is 1.20 bits per heavy atom. The Bertz CT molecular complexity index is 375. The van der Waals surface area contributed by atoms with E-state index >= 15 is 0 Å². The fourth-order valence-electron chi connectivity index (χ4n) is 2.65. The van der Waals surface area contributed by atoms with Gasteiger partial charge in [0.1, 0.15) is 5.75 Å². The highest BCUT2D eigenvalue weighted by Crippen LogP contribution is 2.23. The zero-order chi connectivity index (χ0) is 15.0. The van der Waals surface area contributed by atoms with Crippen LogP contribution in [0.4, 0.5) is 0 Å². The molecule has 2 heteroatoms. The van der Waals surface area contributed by atoms with E-state index in [1.165, 1.54) is 18.4 Å². The monoisotopic (exact) mass is 277 g/mol. The molecule has 20 heavy (non-hydrogen) atoms. The standard InChI is InChI=1S/C18H31NO/c1-6-8-15(4)17(13-19-14(2)3)11-16-9-7-10-18(12-16)20-5/h7,9-10,12,14-15,17,19H,6,8,11,13H2,1-5H3. The fraction of sp³-hybridized carbons (Fsp3) is 0.667. The highest BCUT2D eigenvalue weighted by Gasteiger charge is 2.17. The SMILES string of the molecule is CCCC(C)C(CNC(C)C)Cc1cccc(OC)c1. The topological polar surface area (TPSA) is 21.3 Å². The molecule has 114 valence electrons. The number of nitrogens with one attached hydrogen (secondary N) is 1. The van der Waals surface area contributed by atoms with Crippen molar-refractivity contribution in [2.24, 2.45) is 11.8 Å². The third-order valence-corrected chi connectivity index (χ3v) is 3.97. The summed E-state index contributed by atoms with van der Waals surface area (Å²) in [5.74, 6) is 2.39. The van der Waals surface area contributed by atoms with Gasteiger partial charge in [-0.05, 0) is 42.5 Å². The van der Waals surface area contributed by atoms with Gasteiger partial charge in [0, 0.05) is 6.04 Å². The Morgan fingerprint density at radius 2 is 1.95 bits per heavy atom. The molecule has 0 saturated carbocycles. The summed E-state index contributed by atoms with van der Waals surface area (Å²) in [7, 11) is 1.73. The third-order valence-electron chi connectivity index (χ3n) is 3.97. The van der Waals surface area contributed by atoms with Gasteiger partial charge in [-0.15, -0.1) is 0 Å². The molecular formula is C18H31NO. The summed E-state index contributed by atoms with van der Waals surface area (Å²) < 4.78 is 5.33. The summed E-state index contributed by atoms with van der Waals surface area (Å²) in [5.41, 5.74) is 1.38. The van der Waals surface area contributed by atoms with Crippen molar-refractivity contribution in [2.45, 2.75) is 53.0 Å². The van der Waals surface area contributed by atoms with Crippen molar-refractivity contribution in [2.75, 3.05) is 13.7 Å². The van der Waals surface area contributed by atoms with Gasteiger partial charge in [-0.1, -0.05) is 52.7 Å². The Kier molecular flexibility index (Phi) is 7.68. The molecule has 0 aliphatic rings. The first-order valence-corrected chi connectivity index (χ1v) is 7.93. The molecule has 0 saturated heterocycles. The van der Waals surface area contributed by atoms with Gasteiger partial charge in [0.05, 0.1) is 7.11 Å². The summed E-state index contributed by atoms with van der Waals surface area (Å²) in [5, 5.41) is 3.60. The Labute approximate surface area is 124 Å². The van der Waals surface area contributed by atoms with Crippen molar-refractivity contribution < 1.29 is 4.74 Å². The van der Waals surface area contributed by atoms with Crippen LogP contribution in [0, 0.1) is 11.8 Å². The Morgan fingerprint density at radius 3 is 2.55 bits per heavy atom. The molecule has 0 heterocycles. The molecule has 2 atom stereocenters. The minimum absolute atomic E-state index is 0.552. The molecule has 1 rings (SSSR count). The third kappa shape index (κ3) is 5.96. The summed E-state index contributed by atoms with van der Waals surface area (Å²) in [4.78, 5) is 0. The van der Waals surface area contributed by atoms with Crippen LogP contribution >= 0.6 is 0 Å². The molecule has 0 aliphatic heterocycles. The maximum atomic E-state index is 5.33. The smallest absolute Gasteiger partial charge is 0.119 e. The number of ether oxygens (including phenoxy) is 1. The molecule has 1 aromatic carbocycles. The average molecular weight is 277 g/mol. The minimum atomic E-state index is 0.552. The van der Waals surface area contributed by atoms with Crippen LogP contribution in [0.2, 0.25) is 0 Å². The predicted molar refractivity (Wildman–Crippen MR) is 87.4 cm³/mol. The quantitative estimate of drug-likeness (QED) is 0.727. The van der Waals surface area contributed by atoms with Crippen molar-refractivity contribution in [3.63, 3.8) is 0 Å². The average Bonchev–Trinajstić information content (AvgIpc) is 2.43. The predicted octanol–water partition coefficient (Wildman–Crippen LogP) is 4.29. The van der Waals surface area contributed by atoms with Crippen LogP contribution in [0.3, 0.4) is 0 Å². The maximum absolute atomic E-state index is 5.33. The number of methoxy groups -OCH3 is 1. The first-order valence-electron chi connectivity index (χ1n) is 7.93. The van der Waals surface area contributed by atoms with E-state index in [1.54, 1.807) is 7.11 Å². The fourth-order valence-corrected chi connectivity index (χ4v) is 2.65. The van der Waals surface area contributed by atoms with Crippen molar-refractivity contribution in [3.05, 3.63) is 29.8 Å². The Balaban J connectivity index is 2.70. The van der Waals surface area contributed by atoms with E-state index in [2.05, 4.69) is 51.2 Å². The van der Waals surface area contributed by atoms with E-state index in [1.807, 2.05) is 6.07 Å². The first-order chi connectivity index (χ1) is 9.56. The van der Waals surface area contributed by atoms with Crippen molar-refractivity contribution in [1.82, 2.24) is 5.32 Å². The van der Waals surface area contributed by atoms with Crippen LogP contribution in [-0.2, 0) is 6.42 Å². The second-order valence-corrected chi connectivity index (χ2v) is 6.14. The second kappa shape index (κ2) is 9.02. The van der Waals surface area contributed by atoms with Gasteiger partial charge >= 0.3 is 0 Å². The zero-order valence-corrected chi connectivity index (χ0v) is 13.8. The second-order valence-electron chi connectivity index (χ2n) is 6.14. The van der Waals surface area contributed by atoms with Gasteiger partial charge in [0.25, 0.3) is 0 Å². The van der Waals surface area contributed by atoms with Crippen LogP contribution < -0.4 is 10.1 Å². The lowest BCUT2D eigenvalue weighted by Crippen LogP contribution is -2.33. The van der Waals surface area contributed by atoms with Crippen LogP contribution in [0.5, 0.6) is 5.75 Å². The molecular weight excluding hydrogens is 246 g/mol. The van der Waals surface area contributed by atoms with E-state index in [4.69, 9.17) is 4.74 Å². The van der Waals surface area contributed by atoms with Gasteiger partial charge in [0.15, 0.2) is 0 Å². The lowest BCUT2D eigenvalue weighted by Gasteiger charge is -2.25. The van der Waals surface area contributed by atoms with E-state index in [0.29, 0.717) is 12.0 Å². The molecule has 0 aromatic heterocycles. The van der Waals surface area contributed by atoms with Crippen LogP contribution in [-0.4, -0.2) is 19.7 Å². The number of rotatable bonds is 9. The summed E-state index contributed by atoms with van der Waals surface area (Å²) in [6.45, 7) is 10.2. The van der Waals surface area contributed by atoms with E-state index < -0.39 is 0 Å². The highest BCUT2D eigenvalue weighted by molar-refractivity contribution is 5.28. The number of hydrogen-bond donors (Lipinski definition) is 1. The molecule has 0 bridgehead atoms. The minimum Gasteiger partial charge on any atom is -0.497 e. The number of hydrogen-bond acceptors (Lipinski definition) is 2. The van der Waals surface area contributed by atoms with E-state index in [-0.39, 0.29) is 0 Å². The summed E-state index contributed by atoms with van der Waals surface area (Å²) in [6, 6.07) is 9.04. The molecule has 1 N–H and O–H groups in total. The van der Waals surface area contributed by atoms with E-state index in [0.717, 1.165) is 24.6 Å². The maximum Gasteiger partial charge on any atom is 0.119 e. The first kappa shape index (κ1) is 17.0. The van der Waals surface area contributed by atoms with Crippen LogP contribution in [0.1, 0.15) is 46.1 Å². The molecule has 0 fully saturated rings. The lowest BCUT2D eigenvalue weighted by atomic mass is 9.85. The largest absolute Gasteiger partial charge is 0.497 e. The Hall–Kier alpha value is -1.02. The van der Waals surface area contributed by atoms with Gasteiger partial charge < -0.3 is 10.1 Å². The van der Waals surface area contributed by atoms with Gasteiger partial charge in [-0.3, -0.25) is 0 Å². The van der Waals surface area contributed by atoms with Gasteiger partial charge in [-0.2, -0.15) is 0 Å². The van der Waals surface area contributed by atoms with Crippen molar-refractivity contribution in [3.8, 4) is 5.75 Å². The van der Waals surface area contributed by atoms with Crippen molar-refractivity contribution >= 4 is 0 Å². The molecule has 0 spiro atoms. The molecule has 0 amide bonds. The van der Waals surface area contributed by atoms with Crippen molar-refractivity contribution in [1.29, 1.82) is 0 Å². The molecule has 2 unspecified atom stereocenters. The summed E-state index contributed by atoms with van der Waals surface area (Å²) >= 11 is 0. The number of benzene rings is 1. The molecule has 0 radical (unpaired) electrons. The van der Waals surface area contributed by atoms with Crippen LogP contribution in [0.15, 0.2) is 24.3 Å². The zero-order valence-electron chi connectivity index (χ0n) is 13.8. The van der Waals surface area contributed by atoms with Gasteiger partial charge in [-0.25, -0.2) is 0 Å². The normalized spacial score (nSPS) is 14.3. The molecule has 1 aromatic rings. The van der Waals surface area contributed by atoms with E-state index in [9.17, 15) is 0 Å². The lowest BCUT2D eigenvalue weighted by molar-refractivity contribution is 0.310.